The van der Waals surface area contributed by atoms with Gasteiger partial charge in [-0.05, 0) is 62.6 Å². The molecule has 2 aromatic rings. The van der Waals surface area contributed by atoms with Crippen molar-refractivity contribution in [1.82, 2.24) is 10.2 Å². The zero-order chi connectivity index (χ0) is 24.6. The number of ether oxygens (including phenoxy) is 2. The van der Waals surface area contributed by atoms with Crippen LogP contribution in [0.25, 0.3) is 0 Å². The molecule has 0 aliphatic carbocycles. The van der Waals surface area contributed by atoms with Crippen molar-refractivity contribution < 1.29 is 29.0 Å². The quantitative estimate of drug-likeness (QED) is 0.590. The van der Waals surface area contributed by atoms with E-state index in [4.69, 9.17) is 14.6 Å². The number of benzene rings is 2. The molecule has 2 amide bonds. The van der Waals surface area contributed by atoms with Gasteiger partial charge in [0.2, 0.25) is 5.91 Å². The number of nitrogens with one attached hydrogen (secondary N) is 1. The van der Waals surface area contributed by atoms with Gasteiger partial charge in [0, 0.05) is 26.9 Å². The largest absolute Gasteiger partial charge is 0.481 e. The van der Waals surface area contributed by atoms with Crippen molar-refractivity contribution in [2.24, 2.45) is 0 Å². The number of hydrogen-bond donors (Lipinski definition) is 2. The minimum atomic E-state index is -0.828. The molecule has 2 rings (SSSR count). The smallest absolute Gasteiger partial charge is 0.408 e. The van der Waals surface area contributed by atoms with Crippen LogP contribution in [0.1, 0.15) is 38.3 Å². The lowest BCUT2D eigenvalue weighted by molar-refractivity contribution is -0.137. The fraction of sp³-hybridized carbons (Fsp3) is 0.400. The van der Waals surface area contributed by atoms with Crippen LogP contribution >= 0.6 is 0 Å². The van der Waals surface area contributed by atoms with Crippen LogP contribution in [0.15, 0.2) is 48.5 Å². The van der Waals surface area contributed by atoms with Crippen molar-refractivity contribution in [1.29, 1.82) is 0 Å². The molecular formula is C25H32N2O6. The summed E-state index contributed by atoms with van der Waals surface area (Å²) in [6, 6.07) is 13.8. The summed E-state index contributed by atoms with van der Waals surface area (Å²) in [5.74, 6) is 0.192. The molecule has 0 heterocycles. The van der Waals surface area contributed by atoms with Crippen molar-refractivity contribution in [2.75, 3.05) is 14.1 Å². The number of alkyl carbamates (subject to hydrolysis) is 1. The molecule has 0 aromatic heterocycles. The van der Waals surface area contributed by atoms with E-state index in [1.165, 1.54) is 4.90 Å². The van der Waals surface area contributed by atoms with Crippen LogP contribution in [-0.4, -0.2) is 53.7 Å². The number of carbonyl (C=O) groups excluding carboxylic acids is 2. The van der Waals surface area contributed by atoms with E-state index in [0.717, 1.165) is 11.1 Å². The molecular weight excluding hydrogens is 424 g/mol. The molecule has 2 aromatic carbocycles. The number of hydrogen-bond acceptors (Lipinski definition) is 5. The molecule has 8 nitrogen and oxygen atoms in total. The number of carboxylic acids is 1. The van der Waals surface area contributed by atoms with E-state index in [0.29, 0.717) is 24.3 Å². The lowest BCUT2D eigenvalue weighted by Crippen LogP contribution is -2.48. The molecule has 0 saturated carbocycles. The first kappa shape index (κ1) is 25.7. The molecule has 0 radical (unpaired) electrons. The summed E-state index contributed by atoms with van der Waals surface area (Å²) in [4.78, 5) is 36.9. The van der Waals surface area contributed by atoms with Crippen molar-refractivity contribution in [3.63, 3.8) is 0 Å². The van der Waals surface area contributed by atoms with E-state index in [1.54, 1.807) is 59.1 Å². The Bertz CT molecular complexity index is 946. The van der Waals surface area contributed by atoms with Crippen LogP contribution < -0.4 is 10.1 Å². The first-order valence-corrected chi connectivity index (χ1v) is 10.7. The zero-order valence-corrected chi connectivity index (χ0v) is 19.8. The maximum Gasteiger partial charge on any atom is 0.408 e. The lowest BCUT2D eigenvalue weighted by Gasteiger charge is -2.25. The monoisotopic (exact) mass is 456 g/mol. The van der Waals surface area contributed by atoms with E-state index in [1.807, 2.05) is 24.3 Å². The van der Waals surface area contributed by atoms with Crippen LogP contribution in [0.5, 0.6) is 11.5 Å². The number of rotatable bonds is 9. The van der Waals surface area contributed by atoms with Crippen LogP contribution in [0.4, 0.5) is 4.79 Å². The molecule has 33 heavy (non-hydrogen) atoms. The number of aryl methyl sites for hydroxylation is 1. The summed E-state index contributed by atoms with van der Waals surface area (Å²) >= 11 is 0. The Morgan fingerprint density at radius 2 is 1.45 bits per heavy atom. The first-order chi connectivity index (χ1) is 15.4. The third-order valence-electron chi connectivity index (χ3n) is 4.58. The number of aliphatic carboxylic acids is 1. The first-order valence-electron chi connectivity index (χ1n) is 10.7. The van der Waals surface area contributed by atoms with Crippen molar-refractivity contribution in [2.45, 2.75) is 51.7 Å². The number of carbonyl (C=O) groups is 3. The van der Waals surface area contributed by atoms with Crippen LogP contribution in [-0.2, 0) is 27.2 Å². The second-order valence-corrected chi connectivity index (χ2v) is 8.92. The van der Waals surface area contributed by atoms with E-state index in [9.17, 15) is 14.4 Å². The van der Waals surface area contributed by atoms with Crippen molar-refractivity contribution >= 4 is 18.0 Å². The van der Waals surface area contributed by atoms with Crippen LogP contribution in [0.3, 0.4) is 0 Å². The lowest BCUT2D eigenvalue weighted by atomic mass is 10.0. The molecule has 178 valence electrons. The molecule has 0 aliphatic heterocycles. The van der Waals surface area contributed by atoms with Crippen LogP contribution in [0.2, 0.25) is 0 Å². The topological polar surface area (TPSA) is 105 Å². The van der Waals surface area contributed by atoms with Crippen molar-refractivity contribution in [3.05, 3.63) is 59.7 Å². The summed E-state index contributed by atoms with van der Waals surface area (Å²) in [7, 11) is 3.27. The van der Waals surface area contributed by atoms with Gasteiger partial charge in [0.25, 0.3) is 0 Å². The molecule has 2 N–H and O–H groups in total. The third-order valence-corrected chi connectivity index (χ3v) is 4.58. The highest BCUT2D eigenvalue weighted by Crippen LogP contribution is 2.23. The highest BCUT2D eigenvalue weighted by Gasteiger charge is 2.25. The predicted molar refractivity (Wildman–Crippen MR) is 124 cm³/mol. The Balaban J connectivity index is 2.01. The van der Waals surface area contributed by atoms with Gasteiger partial charge in [0.1, 0.15) is 23.1 Å². The van der Waals surface area contributed by atoms with E-state index >= 15 is 0 Å². The highest BCUT2D eigenvalue weighted by molar-refractivity contribution is 5.85. The molecule has 0 saturated heterocycles. The summed E-state index contributed by atoms with van der Waals surface area (Å²) in [5, 5.41) is 11.4. The molecule has 0 fully saturated rings. The zero-order valence-electron chi connectivity index (χ0n) is 19.8. The van der Waals surface area contributed by atoms with E-state index in [2.05, 4.69) is 5.32 Å². The fourth-order valence-corrected chi connectivity index (χ4v) is 3.00. The average Bonchev–Trinajstić information content (AvgIpc) is 2.72. The second kappa shape index (κ2) is 11.4. The fourth-order valence-electron chi connectivity index (χ4n) is 3.00. The van der Waals surface area contributed by atoms with E-state index in [-0.39, 0.29) is 12.3 Å². The SMILES string of the molecule is CN(C)C(=O)[C@H](Cc1ccc(Oc2ccc(CCC(=O)O)cc2)cc1)NC(=O)OC(C)(C)C. The van der Waals surface area contributed by atoms with Gasteiger partial charge in [-0.3, -0.25) is 9.59 Å². The number of nitrogens with zero attached hydrogens (tertiary/aromatic N) is 1. The minimum absolute atomic E-state index is 0.0851. The summed E-state index contributed by atoms with van der Waals surface area (Å²) in [6.07, 6.45) is 0.208. The normalized spacial score (nSPS) is 11.9. The maximum absolute atomic E-state index is 12.6. The predicted octanol–water partition coefficient (Wildman–Crippen LogP) is 4.02. The highest BCUT2D eigenvalue weighted by atomic mass is 16.6. The number of amides is 2. The summed E-state index contributed by atoms with van der Waals surface area (Å²) < 4.78 is 11.1. The Morgan fingerprint density at radius 3 is 1.91 bits per heavy atom. The molecule has 0 aliphatic rings. The maximum atomic E-state index is 12.6. The van der Waals surface area contributed by atoms with Gasteiger partial charge >= 0.3 is 12.1 Å². The Labute approximate surface area is 194 Å². The Morgan fingerprint density at radius 1 is 0.939 bits per heavy atom. The average molecular weight is 457 g/mol. The van der Waals surface area contributed by atoms with Crippen molar-refractivity contribution in [3.8, 4) is 11.5 Å². The van der Waals surface area contributed by atoms with Crippen LogP contribution in [0, 0.1) is 0 Å². The standard InChI is InChI=1S/C25H32N2O6/c1-25(2,3)33-24(31)26-21(23(30)27(4)5)16-18-8-13-20(14-9-18)32-19-11-6-17(7-12-19)10-15-22(28)29/h6-9,11-14,21H,10,15-16H2,1-5H3,(H,26,31)(H,28,29)/t21-/m0/s1. The number of likely N-dealkylation sites (N-methyl/N-ethyl adjacent to an activating group) is 1. The minimum Gasteiger partial charge on any atom is -0.481 e. The molecule has 0 unspecified atom stereocenters. The summed E-state index contributed by atoms with van der Waals surface area (Å²) in [5.41, 5.74) is 1.11. The second-order valence-electron chi connectivity index (χ2n) is 8.92. The Hall–Kier alpha value is -3.55. The number of carboxylic acid groups (broad SMARTS) is 1. The Kier molecular flexibility index (Phi) is 8.85. The summed E-state index contributed by atoms with van der Waals surface area (Å²) in [6.45, 7) is 5.28. The van der Waals surface area contributed by atoms with Gasteiger partial charge in [-0.1, -0.05) is 24.3 Å². The molecule has 0 bridgehead atoms. The van der Waals surface area contributed by atoms with Gasteiger partial charge in [-0.15, -0.1) is 0 Å². The third kappa shape index (κ3) is 9.22. The van der Waals surface area contributed by atoms with Gasteiger partial charge in [0.15, 0.2) is 0 Å². The molecule has 1 atom stereocenters. The van der Waals surface area contributed by atoms with E-state index < -0.39 is 23.7 Å². The van der Waals surface area contributed by atoms with Gasteiger partial charge < -0.3 is 24.8 Å². The molecule has 0 spiro atoms. The molecule has 8 heteroatoms. The van der Waals surface area contributed by atoms with Gasteiger partial charge in [0.05, 0.1) is 0 Å². The van der Waals surface area contributed by atoms with Gasteiger partial charge in [-0.2, -0.15) is 0 Å². The van der Waals surface area contributed by atoms with Gasteiger partial charge in [-0.25, -0.2) is 4.79 Å².